The van der Waals surface area contributed by atoms with Gasteiger partial charge in [0.05, 0.1) is 4.92 Å². The Labute approximate surface area is 122 Å². The van der Waals surface area contributed by atoms with E-state index >= 15 is 0 Å². The maximum atomic E-state index is 13.5. The zero-order chi connectivity index (χ0) is 15.2. The first-order valence-electron chi connectivity index (χ1n) is 7.13. The summed E-state index contributed by atoms with van der Waals surface area (Å²) in [5, 5.41) is 13.7. The fourth-order valence-electron chi connectivity index (χ4n) is 2.51. The lowest BCUT2D eigenvalue weighted by Gasteiger charge is -2.14. The molecule has 0 spiro atoms. The van der Waals surface area contributed by atoms with E-state index in [1.165, 1.54) is 12.8 Å². The highest BCUT2D eigenvalue weighted by molar-refractivity contribution is 5.37. The summed E-state index contributed by atoms with van der Waals surface area (Å²) in [6.07, 6.45) is 3.43. The van der Waals surface area contributed by atoms with Crippen LogP contribution >= 0.6 is 0 Å². The van der Waals surface area contributed by atoms with E-state index in [1.54, 1.807) is 0 Å². The summed E-state index contributed by atoms with van der Waals surface area (Å²) in [5.74, 6) is -1.90. The van der Waals surface area contributed by atoms with Gasteiger partial charge in [-0.1, -0.05) is 0 Å². The molecule has 1 fully saturated rings. The number of halogens is 2. The van der Waals surface area contributed by atoms with Crippen LogP contribution in [0.3, 0.4) is 0 Å². The van der Waals surface area contributed by atoms with Crippen molar-refractivity contribution in [2.45, 2.75) is 25.8 Å². The van der Waals surface area contributed by atoms with Crippen LogP contribution < -0.4 is 5.32 Å². The van der Waals surface area contributed by atoms with E-state index in [0.717, 1.165) is 32.1 Å². The zero-order valence-electron chi connectivity index (χ0n) is 11.8. The molecule has 1 aliphatic rings. The van der Waals surface area contributed by atoms with Crippen LogP contribution in [0.25, 0.3) is 0 Å². The highest BCUT2D eigenvalue weighted by Gasteiger charge is 2.18. The van der Waals surface area contributed by atoms with Crippen LogP contribution in [0.15, 0.2) is 12.1 Å². The van der Waals surface area contributed by atoms with E-state index in [0.29, 0.717) is 12.6 Å². The highest BCUT2D eigenvalue weighted by Crippen LogP contribution is 2.21. The van der Waals surface area contributed by atoms with E-state index < -0.39 is 22.2 Å². The number of rotatable bonds is 7. The number of nitrogens with zero attached hydrogens (tertiary/aromatic N) is 2. The average Bonchev–Trinajstić information content (AvgIpc) is 2.93. The molecule has 2 rings (SSSR count). The Morgan fingerprint density at radius 3 is 2.62 bits per heavy atom. The van der Waals surface area contributed by atoms with Crippen molar-refractivity contribution in [2.24, 2.45) is 0 Å². The number of nitro benzene ring substituents is 1. The van der Waals surface area contributed by atoms with Crippen LogP contribution in [0.1, 0.15) is 24.8 Å². The van der Waals surface area contributed by atoms with E-state index in [1.807, 2.05) is 0 Å². The standard InChI is InChI=1S/C14H19F2N3O2/c15-12-9-13(16)14(19(20)21)8-11(12)10-17-4-3-7-18-5-1-2-6-18/h8-9,17H,1-7,10H2. The molecular weight excluding hydrogens is 280 g/mol. The summed E-state index contributed by atoms with van der Waals surface area (Å²) in [5.41, 5.74) is -0.575. The quantitative estimate of drug-likeness (QED) is 0.477. The molecule has 116 valence electrons. The van der Waals surface area contributed by atoms with Gasteiger partial charge in [0.1, 0.15) is 5.82 Å². The molecular formula is C14H19F2N3O2. The smallest absolute Gasteiger partial charge is 0.305 e. The van der Waals surface area contributed by atoms with E-state index in [4.69, 9.17) is 0 Å². The minimum Gasteiger partial charge on any atom is -0.313 e. The van der Waals surface area contributed by atoms with E-state index in [2.05, 4.69) is 10.2 Å². The van der Waals surface area contributed by atoms with Gasteiger partial charge in [0, 0.05) is 24.2 Å². The molecule has 1 aliphatic heterocycles. The Bertz CT molecular complexity index is 505. The number of hydrogen-bond acceptors (Lipinski definition) is 4. The largest absolute Gasteiger partial charge is 0.313 e. The monoisotopic (exact) mass is 299 g/mol. The third-order valence-electron chi connectivity index (χ3n) is 3.65. The van der Waals surface area contributed by atoms with Gasteiger partial charge in [-0.15, -0.1) is 0 Å². The van der Waals surface area contributed by atoms with Gasteiger partial charge in [0.25, 0.3) is 0 Å². The van der Waals surface area contributed by atoms with Crippen LogP contribution in [0.5, 0.6) is 0 Å². The second-order valence-corrected chi connectivity index (χ2v) is 5.23. The number of benzene rings is 1. The minimum absolute atomic E-state index is 0.115. The van der Waals surface area contributed by atoms with Gasteiger partial charge in [0.2, 0.25) is 5.82 Å². The third-order valence-corrected chi connectivity index (χ3v) is 3.65. The van der Waals surface area contributed by atoms with Gasteiger partial charge in [-0.3, -0.25) is 10.1 Å². The van der Waals surface area contributed by atoms with Crippen molar-refractivity contribution in [1.29, 1.82) is 0 Å². The summed E-state index contributed by atoms with van der Waals surface area (Å²) in [6, 6.07) is 1.53. The van der Waals surface area contributed by atoms with Crippen LogP contribution in [0.2, 0.25) is 0 Å². The van der Waals surface area contributed by atoms with Crippen molar-refractivity contribution < 1.29 is 13.7 Å². The Balaban J connectivity index is 1.79. The molecule has 0 radical (unpaired) electrons. The van der Waals surface area contributed by atoms with Crippen molar-refractivity contribution in [2.75, 3.05) is 26.2 Å². The Hall–Kier alpha value is -1.60. The van der Waals surface area contributed by atoms with Gasteiger partial charge in [-0.05, 0) is 45.4 Å². The molecule has 0 atom stereocenters. The van der Waals surface area contributed by atoms with Gasteiger partial charge in [0.15, 0.2) is 0 Å². The second-order valence-electron chi connectivity index (χ2n) is 5.23. The van der Waals surface area contributed by atoms with Crippen molar-refractivity contribution >= 4 is 5.69 Å². The molecule has 0 unspecified atom stereocenters. The first-order chi connectivity index (χ1) is 10.1. The molecule has 0 saturated carbocycles. The number of nitrogens with one attached hydrogen (secondary N) is 1. The highest BCUT2D eigenvalue weighted by atomic mass is 19.1. The Morgan fingerprint density at radius 1 is 1.24 bits per heavy atom. The summed E-state index contributed by atoms with van der Waals surface area (Å²) in [4.78, 5) is 12.2. The maximum Gasteiger partial charge on any atom is 0.305 e. The normalized spacial score (nSPS) is 15.5. The Morgan fingerprint density at radius 2 is 1.95 bits per heavy atom. The van der Waals surface area contributed by atoms with Crippen molar-refractivity contribution in [3.63, 3.8) is 0 Å². The van der Waals surface area contributed by atoms with Gasteiger partial charge in [-0.2, -0.15) is 4.39 Å². The van der Waals surface area contributed by atoms with Crippen LogP contribution in [0, 0.1) is 21.7 Å². The average molecular weight is 299 g/mol. The summed E-state index contributed by atoms with van der Waals surface area (Å²) >= 11 is 0. The zero-order valence-corrected chi connectivity index (χ0v) is 11.8. The predicted octanol–water partition coefficient (Wildman–Crippen LogP) is 2.45. The van der Waals surface area contributed by atoms with E-state index in [9.17, 15) is 18.9 Å². The molecule has 1 aromatic rings. The number of likely N-dealkylation sites (tertiary alicyclic amines) is 1. The minimum atomic E-state index is -1.14. The first kappa shape index (κ1) is 15.8. The van der Waals surface area contributed by atoms with Gasteiger partial charge in [-0.25, -0.2) is 4.39 Å². The summed E-state index contributed by atoms with van der Waals surface area (Å²) < 4.78 is 26.7. The molecule has 7 heteroatoms. The van der Waals surface area contributed by atoms with Crippen molar-refractivity contribution in [3.8, 4) is 0 Å². The molecule has 0 aliphatic carbocycles. The molecule has 1 N–H and O–H groups in total. The maximum absolute atomic E-state index is 13.5. The molecule has 21 heavy (non-hydrogen) atoms. The summed E-state index contributed by atoms with van der Waals surface area (Å²) in [7, 11) is 0. The lowest BCUT2D eigenvalue weighted by Crippen LogP contribution is -2.24. The lowest BCUT2D eigenvalue weighted by atomic mass is 10.1. The lowest BCUT2D eigenvalue weighted by molar-refractivity contribution is -0.387. The van der Waals surface area contributed by atoms with Crippen LogP contribution in [0.4, 0.5) is 14.5 Å². The second kappa shape index (κ2) is 7.42. The fraction of sp³-hybridized carbons (Fsp3) is 0.571. The molecule has 0 amide bonds. The topological polar surface area (TPSA) is 58.4 Å². The molecule has 1 saturated heterocycles. The third kappa shape index (κ3) is 4.44. The van der Waals surface area contributed by atoms with Crippen LogP contribution in [-0.4, -0.2) is 36.0 Å². The number of hydrogen-bond donors (Lipinski definition) is 1. The van der Waals surface area contributed by atoms with Gasteiger partial charge >= 0.3 is 5.69 Å². The molecule has 1 aromatic carbocycles. The van der Waals surface area contributed by atoms with Crippen molar-refractivity contribution in [3.05, 3.63) is 39.4 Å². The predicted molar refractivity (Wildman–Crippen MR) is 75.0 cm³/mol. The molecule has 0 bridgehead atoms. The van der Waals surface area contributed by atoms with Gasteiger partial charge < -0.3 is 10.2 Å². The summed E-state index contributed by atoms with van der Waals surface area (Å²) in [6.45, 7) is 4.13. The van der Waals surface area contributed by atoms with Crippen LogP contribution in [-0.2, 0) is 6.54 Å². The SMILES string of the molecule is O=[N+]([O-])c1cc(CNCCCN2CCCC2)c(F)cc1F. The fourth-order valence-corrected chi connectivity index (χ4v) is 2.51. The molecule has 0 aromatic heterocycles. The molecule has 5 nitrogen and oxygen atoms in total. The Kier molecular flexibility index (Phi) is 5.58. The first-order valence-corrected chi connectivity index (χ1v) is 7.13. The van der Waals surface area contributed by atoms with Crippen molar-refractivity contribution in [1.82, 2.24) is 10.2 Å². The van der Waals surface area contributed by atoms with E-state index in [-0.39, 0.29) is 12.1 Å². The molecule has 1 heterocycles. The number of nitro groups is 1.